The van der Waals surface area contributed by atoms with Gasteiger partial charge in [-0.05, 0) is 25.5 Å². The minimum atomic E-state index is -4.43. The van der Waals surface area contributed by atoms with Crippen LogP contribution < -0.4 is 10.9 Å². The number of nitrogens with zero attached hydrogens (tertiary/aromatic N) is 2. The number of carbonyl (C=O) groups is 1. The van der Waals surface area contributed by atoms with Crippen LogP contribution in [-0.4, -0.2) is 21.8 Å². The van der Waals surface area contributed by atoms with Gasteiger partial charge in [0.15, 0.2) is 4.96 Å². The van der Waals surface area contributed by atoms with Crippen molar-refractivity contribution in [3.05, 3.63) is 68.1 Å². The zero-order valence-electron chi connectivity index (χ0n) is 14.6. The van der Waals surface area contributed by atoms with Crippen LogP contribution >= 0.6 is 11.3 Å². The Morgan fingerprint density at radius 2 is 2.04 bits per heavy atom. The fourth-order valence-electron chi connectivity index (χ4n) is 2.79. The number of thiazole rings is 1. The Labute approximate surface area is 156 Å². The number of hydrogen-bond acceptors (Lipinski definition) is 4. The molecule has 1 amide bonds. The van der Waals surface area contributed by atoms with E-state index in [4.69, 9.17) is 0 Å². The molecule has 0 spiro atoms. The summed E-state index contributed by atoms with van der Waals surface area (Å²) >= 11 is 1.19. The van der Waals surface area contributed by atoms with Crippen molar-refractivity contribution in [2.45, 2.75) is 26.4 Å². The monoisotopic (exact) mass is 395 g/mol. The zero-order valence-corrected chi connectivity index (χ0v) is 15.4. The third kappa shape index (κ3) is 3.87. The second kappa shape index (κ2) is 7.15. The standard InChI is InChI=1S/C18H16F3N3O2S/c1-3-22-16(26)15-10(2)27-17-23-13(9-14(25)24(15)17)8-11-5-4-6-12(7-11)18(19,20)21/h4-7,9H,3,8H2,1-2H3,(H,22,26). The molecule has 142 valence electrons. The molecule has 0 aliphatic carbocycles. The van der Waals surface area contributed by atoms with Crippen LogP contribution in [0.25, 0.3) is 4.96 Å². The average molecular weight is 395 g/mol. The summed E-state index contributed by atoms with van der Waals surface area (Å²) in [6.07, 6.45) is -4.34. The number of nitrogens with one attached hydrogen (secondary N) is 1. The van der Waals surface area contributed by atoms with Crippen LogP contribution in [0.2, 0.25) is 0 Å². The third-order valence-corrected chi connectivity index (χ3v) is 4.89. The van der Waals surface area contributed by atoms with Crippen LogP contribution in [0, 0.1) is 6.92 Å². The predicted octanol–water partition coefficient (Wildman–Crippen LogP) is 3.42. The first-order valence-corrected chi connectivity index (χ1v) is 8.98. The normalized spacial score (nSPS) is 11.7. The van der Waals surface area contributed by atoms with Crippen molar-refractivity contribution in [2.24, 2.45) is 0 Å². The van der Waals surface area contributed by atoms with Gasteiger partial charge < -0.3 is 5.32 Å². The first-order valence-electron chi connectivity index (χ1n) is 8.17. The molecule has 0 aliphatic rings. The van der Waals surface area contributed by atoms with Gasteiger partial charge in [-0.2, -0.15) is 13.2 Å². The smallest absolute Gasteiger partial charge is 0.351 e. The number of aromatic nitrogens is 2. The summed E-state index contributed by atoms with van der Waals surface area (Å²) < 4.78 is 39.8. The van der Waals surface area contributed by atoms with Gasteiger partial charge >= 0.3 is 6.18 Å². The molecule has 0 radical (unpaired) electrons. The highest BCUT2D eigenvalue weighted by atomic mass is 32.1. The molecule has 0 bridgehead atoms. The highest BCUT2D eigenvalue weighted by molar-refractivity contribution is 7.17. The van der Waals surface area contributed by atoms with Crippen molar-refractivity contribution < 1.29 is 18.0 Å². The first-order chi connectivity index (χ1) is 12.7. The van der Waals surface area contributed by atoms with Crippen LogP contribution in [-0.2, 0) is 12.6 Å². The highest BCUT2D eigenvalue weighted by Gasteiger charge is 2.30. The van der Waals surface area contributed by atoms with Crippen LogP contribution in [0.3, 0.4) is 0 Å². The second-order valence-electron chi connectivity index (χ2n) is 5.94. The number of carbonyl (C=O) groups excluding carboxylic acids is 1. The number of fused-ring (bicyclic) bond motifs is 1. The van der Waals surface area contributed by atoms with E-state index in [-0.39, 0.29) is 18.0 Å². The third-order valence-electron chi connectivity index (χ3n) is 3.93. The molecule has 0 aliphatic heterocycles. The molecule has 1 aromatic carbocycles. The Morgan fingerprint density at radius 3 is 2.70 bits per heavy atom. The zero-order chi connectivity index (χ0) is 19.8. The molecule has 3 rings (SSSR count). The summed E-state index contributed by atoms with van der Waals surface area (Å²) in [5.41, 5.74) is -0.197. The van der Waals surface area contributed by atoms with Crippen molar-refractivity contribution in [3.63, 3.8) is 0 Å². The highest BCUT2D eigenvalue weighted by Crippen LogP contribution is 2.30. The molecule has 0 saturated heterocycles. The molecular formula is C18H16F3N3O2S. The molecule has 1 N–H and O–H groups in total. The summed E-state index contributed by atoms with van der Waals surface area (Å²) in [6, 6.07) is 6.17. The van der Waals surface area contributed by atoms with E-state index in [1.807, 2.05) is 0 Å². The molecule has 5 nitrogen and oxygen atoms in total. The van der Waals surface area contributed by atoms with Crippen LogP contribution in [0.5, 0.6) is 0 Å². The Bertz CT molecular complexity index is 1070. The van der Waals surface area contributed by atoms with E-state index in [0.29, 0.717) is 27.6 Å². The van der Waals surface area contributed by atoms with E-state index in [1.54, 1.807) is 19.9 Å². The summed E-state index contributed by atoms with van der Waals surface area (Å²) in [7, 11) is 0. The van der Waals surface area contributed by atoms with E-state index >= 15 is 0 Å². The van der Waals surface area contributed by atoms with Gasteiger partial charge in [0, 0.05) is 23.9 Å². The van der Waals surface area contributed by atoms with Crippen molar-refractivity contribution in [3.8, 4) is 0 Å². The van der Waals surface area contributed by atoms with E-state index < -0.39 is 17.3 Å². The van der Waals surface area contributed by atoms with Gasteiger partial charge in [0.1, 0.15) is 5.69 Å². The summed E-state index contributed by atoms with van der Waals surface area (Å²) in [4.78, 5) is 30.1. The number of halogens is 3. The van der Waals surface area contributed by atoms with Gasteiger partial charge in [-0.25, -0.2) is 9.38 Å². The van der Waals surface area contributed by atoms with Crippen molar-refractivity contribution in [1.29, 1.82) is 0 Å². The van der Waals surface area contributed by atoms with Crippen LogP contribution in [0.1, 0.15) is 39.1 Å². The number of amides is 1. The molecule has 0 saturated carbocycles. The molecule has 3 aromatic rings. The number of aryl methyl sites for hydroxylation is 1. The second-order valence-corrected chi connectivity index (χ2v) is 7.13. The van der Waals surface area contributed by atoms with E-state index in [1.165, 1.54) is 27.9 Å². The number of hydrogen-bond donors (Lipinski definition) is 1. The minimum absolute atomic E-state index is 0.0864. The lowest BCUT2D eigenvalue weighted by Gasteiger charge is -2.08. The lowest BCUT2D eigenvalue weighted by molar-refractivity contribution is -0.137. The quantitative estimate of drug-likeness (QED) is 0.736. The SMILES string of the molecule is CCNC(=O)c1c(C)sc2nc(Cc3cccc(C(F)(F)F)c3)cc(=O)n12. The lowest BCUT2D eigenvalue weighted by atomic mass is 10.1. The van der Waals surface area contributed by atoms with E-state index in [9.17, 15) is 22.8 Å². The maximum atomic E-state index is 12.9. The Morgan fingerprint density at radius 1 is 1.30 bits per heavy atom. The molecule has 2 aromatic heterocycles. The fourth-order valence-corrected chi connectivity index (χ4v) is 3.78. The Balaban J connectivity index is 2.01. The van der Waals surface area contributed by atoms with Gasteiger partial charge in [0.25, 0.3) is 11.5 Å². The molecule has 9 heteroatoms. The Kier molecular flexibility index (Phi) is 5.05. The number of rotatable bonds is 4. The fraction of sp³-hybridized carbons (Fsp3) is 0.278. The van der Waals surface area contributed by atoms with Crippen molar-refractivity contribution in [1.82, 2.24) is 14.7 Å². The first kappa shape index (κ1) is 19.1. The lowest BCUT2D eigenvalue weighted by Crippen LogP contribution is -2.28. The predicted molar refractivity (Wildman–Crippen MR) is 96.3 cm³/mol. The van der Waals surface area contributed by atoms with Gasteiger partial charge in [-0.1, -0.05) is 18.2 Å². The van der Waals surface area contributed by atoms with Crippen molar-refractivity contribution in [2.75, 3.05) is 6.54 Å². The van der Waals surface area contributed by atoms with Crippen molar-refractivity contribution >= 4 is 22.2 Å². The van der Waals surface area contributed by atoms with E-state index in [2.05, 4.69) is 10.3 Å². The molecule has 27 heavy (non-hydrogen) atoms. The molecular weight excluding hydrogens is 379 g/mol. The Hall–Kier alpha value is -2.68. The van der Waals surface area contributed by atoms with Gasteiger partial charge in [0.05, 0.1) is 11.3 Å². The molecule has 0 fully saturated rings. The van der Waals surface area contributed by atoms with Crippen LogP contribution in [0.4, 0.5) is 13.2 Å². The maximum absolute atomic E-state index is 12.9. The van der Waals surface area contributed by atoms with Gasteiger partial charge in [-0.15, -0.1) is 11.3 Å². The largest absolute Gasteiger partial charge is 0.416 e. The van der Waals surface area contributed by atoms with Gasteiger partial charge in [-0.3, -0.25) is 9.59 Å². The molecule has 0 unspecified atom stereocenters. The van der Waals surface area contributed by atoms with E-state index in [0.717, 1.165) is 12.1 Å². The average Bonchev–Trinajstić information content (AvgIpc) is 2.91. The minimum Gasteiger partial charge on any atom is -0.351 e. The number of alkyl halides is 3. The van der Waals surface area contributed by atoms with Crippen LogP contribution in [0.15, 0.2) is 35.1 Å². The number of benzene rings is 1. The summed E-state index contributed by atoms with van der Waals surface area (Å²) in [5.74, 6) is -0.365. The van der Waals surface area contributed by atoms with Gasteiger partial charge in [0.2, 0.25) is 0 Å². The maximum Gasteiger partial charge on any atom is 0.416 e. The molecule has 2 heterocycles. The topological polar surface area (TPSA) is 63.5 Å². The summed E-state index contributed by atoms with van der Waals surface area (Å²) in [6.45, 7) is 3.91. The summed E-state index contributed by atoms with van der Waals surface area (Å²) in [5, 5.41) is 2.66. The molecule has 0 atom stereocenters.